The summed E-state index contributed by atoms with van der Waals surface area (Å²) < 4.78 is 1.60. The standard InChI is InChI=1S/C10H14N6O/c1-4-7-11-9(14-13-7)10(17)12-8-5-6(2)15-16(8)3/h5H,4H2,1-3H3,(H,12,17)(H,11,13,14). The molecule has 0 spiro atoms. The van der Waals surface area contributed by atoms with E-state index in [1.807, 2.05) is 13.8 Å². The molecule has 0 bridgehead atoms. The fourth-order valence-corrected chi connectivity index (χ4v) is 1.45. The molecule has 0 atom stereocenters. The predicted octanol–water partition coefficient (Wildman–Crippen LogP) is 0.661. The Kier molecular flexibility index (Phi) is 2.90. The van der Waals surface area contributed by atoms with Crippen LogP contribution < -0.4 is 5.32 Å². The number of rotatable bonds is 3. The molecular formula is C10H14N6O. The van der Waals surface area contributed by atoms with Gasteiger partial charge in [-0.3, -0.25) is 14.6 Å². The van der Waals surface area contributed by atoms with Gasteiger partial charge in [0.25, 0.3) is 5.91 Å². The van der Waals surface area contributed by atoms with Crippen molar-refractivity contribution in [2.75, 3.05) is 5.32 Å². The van der Waals surface area contributed by atoms with Crippen LogP contribution in [0.25, 0.3) is 0 Å². The van der Waals surface area contributed by atoms with Gasteiger partial charge in [-0.1, -0.05) is 6.92 Å². The van der Waals surface area contributed by atoms with E-state index in [1.165, 1.54) is 0 Å². The Morgan fingerprint density at radius 3 is 2.88 bits per heavy atom. The average Bonchev–Trinajstić information content (AvgIpc) is 2.86. The number of aromatic nitrogens is 5. The maximum absolute atomic E-state index is 11.8. The zero-order valence-electron chi connectivity index (χ0n) is 9.98. The van der Waals surface area contributed by atoms with Gasteiger partial charge in [0.2, 0.25) is 5.82 Å². The summed E-state index contributed by atoms with van der Waals surface area (Å²) >= 11 is 0. The van der Waals surface area contributed by atoms with E-state index in [-0.39, 0.29) is 11.7 Å². The first-order chi connectivity index (χ1) is 8.10. The highest BCUT2D eigenvalue weighted by Crippen LogP contribution is 2.08. The normalized spacial score (nSPS) is 10.5. The van der Waals surface area contributed by atoms with Gasteiger partial charge in [-0.15, -0.1) is 5.10 Å². The summed E-state index contributed by atoms with van der Waals surface area (Å²) in [5.41, 5.74) is 0.840. The SMILES string of the molecule is CCc1nc(C(=O)Nc2cc(C)nn2C)n[nH]1. The number of hydrogen-bond donors (Lipinski definition) is 2. The molecule has 0 radical (unpaired) electrons. The highest BCUT2D eigenvalue weighted by molar-refractivity contribution is 6.00. The first-order valence-corrected chi connectivity index (χ1v) is 5.33. The van der Waals surface area contributed by atoms with Crippen molar-refractivity contribution in [2.24, 2.45) is 7.05 Å². The molecule has 7 nitrogen and oxygen atoms in total. The van der Waals surface area contributed by atoms with E-state index in [4.69, 9.17) is 0 Å². The fourth-order valence-electron chi connectivity index (χ4n) is 1.45. The molecule has 90 valence electrons. The number of aromatic amines is 1. The summed E-state index contributed by atoms with van der Waals surface area (Å²) in [6.07, 6.45) is 0.713. The van der Waals surface area contributed by atoms with Gasteiger partial charge in [-0.2, -0.15) is 5.10 Å². The highest BCUT2D eigenvalue weighted by Gasteiger charge is 2.13. The summed E-state index contributed by atoms with van der Waals surface area (Å²) in [7, 11) is 1.76. The zero-order valence-corrected chi connectivity index (χ0v) is 9.98. The number of carbonyl (C=O) groups excluding carboxylic acids is 1. The van der Waals surface area contributed by atoms with Gasteiger partial charge in [0.05, 0.1) is 5.69 Å². The average molecular weight is 234 g/mol. The molecule has 0 unspecified atom stereocenters. The molecule has 2 aromatic rings. The van der Waals surface area contributed by atoms with Crippen molar-refractivity contribution in [3.8, 4) is 0 Å². The van der Waals surface area contributed by atoms with E-state index < -0.39 is 0 Å². The lowest BCUT2D eigenvalue weighted by molar-refractivity contribution is 0.101. The number of amides is 1. The molecule has 7 heteroatoms. The lowest BCUT2D eigenvalue weighted by Crippen LogP contribution is -2.16. The number of nitrogens with zero attached hydrogens (tertiary/aromatic N) is 4. The van der Waals surface area contributed by atoms with Crippen LogP contribution >= 0.6 is 0 Å². The summed E-state index contributed by atoms with van der Waals surface area (Å²) in [5, 5.41) is 13.4. The summed E-state index contributed by atoms with van der Waals surface area (Å²) in [4.78, 5) is 15.9. The Labute approximate surface area is 98.2 Å². The van der Waals surface area contributed by atoms with Crippen LogP contribution in [0.1, 0.15) is 29.1 Å². The van der Waals surface area contributed by atoms with Crippen molar-refractivity contribution in [1.82, 2.24) is 25.0 Å². The monoisotopic (exact) mass is 234 g/mol. The van der Waals surface area contributed by atoms with Gasteiger partial charge >= 0.3 is 0 Å². The van der Waals surface area contributed by atoms with Gasteiger partial charge in [-0.25, -0.2) is 4.98 Å². The van der Waals surface area contributed by atoms with Gasteiger partial charge < -0.3 is 5.32 Å². The van der Waals surface area contributed by atoms with Crippen LogP contribution in [0.5, 0.6) is 0 Å². The summed E-state index contributed by atoms with van der Waals surface area (Å²) in [6.45, 7) is 3.80. The molecule has 2 rings (SSSR count). The number of aryl methyl sites for hydroxylation is 3. The lowest BCUT2D eigenvalue weighted by Gasteiger charge is -2.01. The van der Waals surface area contributed by atoms with Crippen molar-refractivity contribution in [1.29, 1.82) is 0 Å². The largest absolute Gasteiger partial charge is 0.304 e. The Morgan fingerprint density at radius 2 is 2.35 bits per heavy atom. The molecule has 1 amide bonds. The molecule has 0 fully saturated rings. The maximum atomic E-state index is 11.8. The molecule has 0 aliphatic rings. The molecule has 2 N–H and O–H groups in total. The first-order valence-electron chi connectivity index (χ1n) is 5.33. The van der Waals surface area contributed by atoms with E-state index in [9.17, 15) is 4.79 Å². The maximum Gasteiger partial charge on any atom is 0.296 e. The number of carbonyl (C=O) groups is 1. The molecule has 17 heavy (non-hydrogen) atoms. The van der Waals surface area contributed by atoms with Crippen molar-refractivity contribution in [3.05, 3.63) is 23.4 Å². The third-order valence-electron chi connectivity index (χ3n) is 2.31. The minimum absolute atomic E-state index is 0.140. The number of hydrogen-bond acceptors (Lipinski definition) is 4. The second-order valence-electron chi connectivity index (χ2n) is 3.71. The smallest absolute Gasteiger partial charge is 0.296 e. The van der Waals surface area contributed by atoms with Gasteiger partial charge in [0.15, 0.2) is 0 Å². The van der Waals surface area contributed by atoms with E-state index >= 15 is 0 Å². The Bertz CT molecular complexity index is 541. The van der Waals surface area contributed by atoms with E-state index in [2.05, 4.69) is 25.6 Å². The minimum Gasteiger partial charge on any atom is -0.304 e. The second-order valence-corrected chi connectivity index (χ2v) is 3.71. The zero-order chi connectivity index (χ0) is 12.4. The second kappa shape index (κ2) is 4.36. The quantitative estimate of drug-likeness (QED) is 0.816. The lowest BCUT2D eigenvalue weighted by atomic mass is 10.4. The topological polar surface area (TPSA) is 88.5 Å². The minimum atomic E-state index is -0.344. The molecule has 0 aromatic carbocycles. The van der Waals surface area contributed by atoms with Crippen LogP contribution in [0, 0.1) is 6.92 Å². The molecule has 2 heterocycles. The number of nitrogens with one attached hydrogen (secondary N) is 2. The van der Waals surface area contributed by atoms with Crippen LogP contribution in [0.15, 0.2) is 6.07 Å². The van der Waals surface area contributed by atoms with Gasteiger partial charge in [-0.05, 0) is 6.92 Å². The van der Waals surface area contributed by atoms with Crippen LogP contribution in [0.3, 0.4) is 0 Å². The summed E-state index contributed by atoms with van der Waals surface area (Å²) in [6, 6.07) is 1.78. The number of anilines is 1. The van der Waals surface area contributed by atoms with Crippen LogP contribution in [-0.2, 0) is 13.5 Å². The van der Waals surface area contributed by atoms with E-state index in [0.29, 0.717) is 18.1 Å². The molecule has 0 saturated heterocycles. The van der Waals surface area contributed by atoms with Crippen LogP contribution in [-0.4, -0.2) is 30.9 Å². The number of H-pyrrole nitrogens is 1. The summed E-state index contributed by atoms with van der Waals surface area (Å²) in [5.74, 6) is 1.11. The fraction of sp³-hybridized carbons (Fsp3) is 0.400. The first kappa shape index (κ1) is 11.3. The van der Waals surface area contributed by atoms with Crippen molar-refractivity contribution >= 4 is 11.7 Å². The third-order valence-corrected chi connectivity index (χ3v) is 2.31. The van der Waals surface area contributed by atoms with Crippen LogP contribution in [0.4, 0.5) is 5.82 Å². The molecule has 0 saturated carbocycles. The molecular weight excluding hydrogens is 220 g/mol. The third kappa shape index (κ3) is 2.32. The van der Waals surface area contributed by atoms with Gasteiger partial charge in [0.1, 0.15) is 11.6 Å². The van der Waals surface area contributed by atoms with E-state index in [1.54, 1.807) is 17.8 Å². The van der Waals surface area contributed by atoms with Gasteiger partial charge in [0, 0.05) is 19.5 Å². The van der Waals surface area contributed by atoms with Crippen molar-refractivity contribution in [3.63, 3.8) is 0 Å². The Hall–Kier alpha value is -2.18. The molecule has 2 aromatic heterocycles. The van der Waals surface area contributed by atoms with Crippen molar-refractivity contribution in [2.45, 2.75) is 20.3 Å². The van der Waals surface area contributed by atoms with Crippen LogP contribution in [0.2, 0.25) is 0 Å². The Morgan fingerprint density at radius 1 is 1.59 bits per heavy atom. The molecule has 0 aliphatic heterocycles. The van der Waals surface area contributed by atoms with E-state index in [0.717, 1.165) is 5.69 Å². The Balaban J connectivity index is 2.14. The predicted molar refractivity (Wildman–Crippen MR) is 61.7 cm³/mol. The molecule has 0 aliphatic carbocycles. The highest BCUT2D eigenvalue weighted by atomic mass is 16.2. The van der Waals surface area contributed by atoms with Crippen molar-refractivity contribution < 1.29 is 4.79 Å².